The minimum absolute atomic E-state index is 0.0263. The summed E-state index contributed by atoms with van der Waals surface area (Å²) < 4.78 is 0.466. The van der Waals surface area contributed by atoms with Crippen molar-refractivity contribution in [1.82, 2.24) is 10.2 Å². The van der Waals surface area contributed by atoms with E-state index in [1.807, 2.05) is 36.4 Å². The first-order valence-electron chi connectivity index (χ1n) is 10.1. The monoisotopic (exact) mass is 412 g/mol. The van der Waals surface area contributed by atoms with Crippen LogP contribution in [0.2, 0.25) is 0 Å². The van der Waals surface area contributed by atoms with E-state index >= 15 is 0 Å². The fourth-order valence-corrected chi connectivity index (χ4v) is 7.33. The maximum Gasteiger partial charge on any atom is 0.266 e. The second-order valence-electron chi connectivity index (χ2n) is 8.92. The molecule has 1 saturated heterocycles. The Labute approximate surface area is 175 Å². The van der Waals surface area contributed by atoms with Gasteiger partial charge in [-0.25, -0.2) is 0 Å². The molecule has 1 heterocycles. The van der Waals surface area contributed by atoms with Crippen LogP contribution in [0.4, 0.5) is 0 Å². The molecule has 0 aromatic heterocycles. The second-order valence-corrected chi connectivity index (χ2v) is 10.6. The lowest BCUT2D eigenvalue weighted by molar-refractivity contribution is -0.132. The Hall–Kier alpha value is -1.66. The minimum atomic E-state index is -0.167. The highest BCUT2D eigenvalue weighted by atomic mass is 32.2. The number of amides is 2. The molecule has 0 unspecified atom stereocenters. The Bertz CT molecular complexity index is 829. The summed E-state index contributed by atoms with van der Waals surface area (Å²) in [6, 6.07) is 9.72. The van der Waals surface area contributed by atoms with Gasteiger partial charge >= 0.3 is 0 Å². The summed E-state index contributed by atoms with van der Waals surface area (Å²) >= 11 is 6.67. The van der Waals surface area contributed by atoms with Gasteiger partial charge in [-0.2, -0.15) is 0 Å². The second kappa shape index (κ2) is 6.99. The van der Waals surface area contributed by atoms with E-state index in [4.69, 9.17) is 12.2 Å². The van der Waals surface area contributed by atoms with Gasteiger partial charge in [-0.1, -0.05) is 54.3 Å². The van der Waals surface area contributed by atoms with Gasteiger partial charge in [0.05, 0.1) is 4.91 Å². The number of carbonyl (C=O) groups is 2. The average molecular weight is 413 g/mol. The summed E-state index contributed by atoms with van der Waals surface area (Å²) in [6.45, 7) is 0.0263. The van der Waals surface area contributed by atoms with Crippen molar-refractivity contribution in [3.05, 3.63) is 40.8 Å². The highest BCUT2D eigenvalue weighted by molar-refractivity contribution is 8.26. The van der Waals surface area contributed by atoms with Crippen molar-refractivity contribution >= 4 is 46.2 Å². The first kappa shape index (κ1) is 18.4. The van der Waals surface area contributed by atoms with Gasteiger partial charge in [0, 0.05) is 5.54 Å². The standard InChI is InChI=1S/C22H24N2O2S2/c25-19(23-22-10-15-6-16(11-22)8-17(7-15)12-22)13-24-20(26)18(28-21(24)27)9-14-4-2-1-3-5-14/h1-5,9,15-17H,6-8,10-13H2,(H,23,25)/b18-9+. The molecule has 28 heavy (non-hydrogen) atoms. The van der Waals surface area contributed by atoms with Gasteiger partial charge < -0.3 is 5.32 Å². The largest absolute Gasteiger partial charge is 0.349 e. The Morgan fingerprint density at radius 2 is 1.75 bits per heavy atom. The van der Waals surface area contributed by atoms with E-state index in [2.05, 4.69) is 5.32 Å². The van der Waals surface area contributed by atoms with Gasteiger partial charge in [-0.15, -0.1) is 0 Å². The number of rotatable bonds is 4. The molecule has 5 fully saturated rings. The smallest absolute Gasteiger partial charge is 0.266 e. The van der Waals surface area contributed by atoms with E-state index < -0.39 is 0 Å². The molecule has 1 aromatic rings. The Kier molecular flexibility index (Phi) is 4.59. The van der Waals surface area contributed by atoms with Crippen molar-refractivity contribution in [2.75, 3.05) is 6.54 Å². The summed E-state index contributed by atoms with van der Waals surface area (Å²) in [5.74, 6) is 2.09. The van der Waals surface area contributed by atoms with Gasteiger partial charge in [0.2, 0.25) is 5.91 Å². The topological polar surface area (TPSA) is 49.4 Å². The van der Waals surface area contributed by atoms with Crippen LogP contribution in [0.15, 0.2) is 35.2 Å². The Morgan fingerprint density at radius 3 is 2.36 bits per heavy atom. The molecule has 1 N–H and O–H groups in total. The number of nitrogens with zero attached hydrogens (tertiary/aromatic N) is 1. The van der Waals surface area contributed by atoms with Crippen molar-refractivity contribution in [3.63, 3.8) is 0 Å². The van der Waals surface area contributed by atoms with Crippen molar-refractivity contribution in [1.29, 1.82) is 0 Å². The Morgan fingerprint density at radius 1 is 1.14 bits per heavy atom. The van der Waals surface area contributed by atoms with Gasteiger partial charge in [-0.3, -0.25) is 14.5 Å². The van der Waals surface area contributed by atoms with E-state index in [1.54, 1.807) is 0 Å². The van der Waals surface area contributed by atoms with Crippen LogP contribution in [0, 0.1) is 17.8 Å². The molecule has 0 atom stereocenters. The fourth-order valence-electron chi connectivity index (χ4n) is 6.08. The lowest BCUT2D eigenvalue weighted by Crippen LogP contribution is -2.61. The number of thiocarbonyl (C=S) groups is 1. The predicted octanol–water partition coefficient (Wildman–Crippen LogP) is 3.97. The molecule has 0 radical (unpaired) electrons. The molecule has 6 heteroatoms. The number of benzene rings is 1. The van der Waals surface area contributed by atoms with Gasteiger partial charge in [0.15, 0.2) is 0 Å². The number of nitrogens with one attached hydrogen (secondary N) is 1. The number of thioether (sulfide) groups is 1. The highest BCUT2D eigenvalue weighted by Gasteiger charge is 2.51. The maximum absolute atomic E-state index is 12.8. The molecule has 6 rings (SSSR count). The van der Waals surface area contributed by atoms with Crippen LogP contribution < -0.4 is 5.32 Å². The number of hydrogen-bond donors (Lipinski definition) is 1. The molecular formula is C22H24N2O2S2. The summed E-state index contributed by atoms with van der Waals surface area (Å²) in [6.07, 6.45) is 9.19. The molecule has 4 nitrogen and oxygen atoms in total. The summed E-state index contributed by atoms with van der Waals surface area (Å²) in [5, 5.41) is 3.34. The fraction of sp³-hybridized carbons (Fsp3) is 0.500. The van der Waals surface area contributed by atoms with E-state index in [0.717, 1.165) is 42.6 Å². The van der Waals surface area contributed by atoms with Gasteiger partial charge in [0.25, 0.3) is 5.91 Å². The maximum atomic E-state index is 12.8. The van der Waals surface area contributed by atoms with Crippen LogP contribution in [-0.2, 0) is 9.59 Å². The molecule has 4 saturated carbocycles. The van der Waals surface area contributed by atoms with E-state index in [1.165, 1.54) is 35.9 Å². The zero-order valence-corrected chi connectivity index (χ0v) is 17.4. The SMILES string of the molecule is O=C(CN1C(=O)/C(=C\c2ccccc2)SC1=S)NC12CC3CC(CC(C3)C1)C2. The first-order valence-corrected chi connectivity index (χ1v) is 11.3. The van der Waals surface area contributed by atoms with Gasteiger partial charge in [-0.05, 0) is 67.9 Å². The normalized spacial score (nSPS) is 35.1. The third-order valence-corrected chi connectivity index (χ3v) is 8.09. The average Bonchev–Trinajstić information content (AvgIpc) is 2.88. The van der Waals surface area contributed by atoms with Crippen molar-refractivity contribution in [2.24, 2.45) is 17.8 Å². The lowest BCUT2D eigenvalue weighted by Gasteiger charge is -2.57. The van der Waals surface area contributed by atoms with Crippen LogP contribution in [0.25, 0.3) is 6.08 Å². The number of hydrogen-bond acceptors (Lipinski definition) is 4. The first-order chi connectivity index (χ1) is 13.5. The van der Waals surface area contributed by atoms with Crippen molar-refractivity contribution < 1.29 is 9.59 Å². The van der Waals surface area contributed by atoms with E-state index in [-0.39, 0.29) is 23.9 Å². The molecule has 1 aromatic carbocycles. The van der Waals surface area contributed by atoms with Crippen LogP contribution in [0.3, 0.4) is 0 Å². The predicted molar refractivity (Wildman–Crippen MR) is 115 cm³/mol. The summed E-state index contributed by atoms with van der Waals surface area (Å²) in [4.78, 5) is 27.7. The summed E-state index contributed by atoms with van der Waals surface area (Å²) in [5.41, 5.74) is 0.924. The molecule has 5 aliphatic rings. The van der Waals surface area contributed by atoms with E-state index in [9.17, 15) is 9.59 Å². The molecule has 4 bridgehead atoms. The molecule has 0 spiro atoms. The molecule has 146 valence electrons. The van der Waals surface area contributed by atoms with Crippen LogP contribution in [0.5, 0.6) is 0 Å². The number of carbonyl (C=O) groups excluding carboxylic acids is 2. The third-order valence-electron chi connectivity index (χ3n) is 6.72. The molecule has 4 aliphatic carbocycles. The highest BCUT2D eigenvalue weighted by Crippen LogP contribution is 2.55. The van der Waals surface area contributed by atoms with Crippen molar-refractivity contribution in [2.45, 2.75) is 44.1 Å². The van der Waals surface area contributed by atoms with Crippen LogP contribution in [-0.4, -0.2) is 33.1 Å². The lowest BCUT2D eigenvalue weighted by atomic mass is 9.53. The van der Waals surface area contributed by atoms with Crippen molar-refractivity contribution in [3.8, 4) is 0 Å². The third kappa shape index (κ3) is 3.41. The molecular weight excluding hydrogens is 388 g/mol. The van der Waals surface area contributed by atoms with E-state index in [0.29, 0.717) is 9.23 Å². The molecule has 1 aliphatic heterocycles. The van der Waals surface area contributed by atoms with Gasteiger partial charge in [0.1, 0.15) is 10.9 Å². The quantitative estimate of drug-likeness (QED) is 0.600. The minimum Gasteiger partial charge on any atom is -0.349 e. The zero-order valence-electron chi connectivity index (χ0n) is 15.7. The summed E-state index contributed by atoms with van der Waals surface area (Å²) in [7, 11) is 0. The van der Waals surface area contributed by atoms with Crippen LogP contribution in [0.1, 0.15) is 44.1 Å². The molecule has 2 amide bonds. The van der Waals surface area contributed by atoms with Crippen LogP contribution >= 0.6 is 24.0 Å². The Balaban J connectivity index is 1.26. The zero-order chi connectivity index (χ0) is 19.3.